The molecule has 4 rings (SSSR count). The summed E-state index contributed by atoms with van der Waals surface area (Å²) in [6.07, 6.45) is 4.38. The lowest BCUT2D eigenvalue weighted by molar-refractivity contribution is -0.678. The molecule has 1 spiro atoms. The number of fused-ring (bicyclic) bond motifs is 2. The second-order valence-electron chi connectivity index (χ2n) is 6.76. The molecule has 0 aliphatic carbocycles. The molecule has 3 heteroatoms. The molecule has 0 radical (unpaired) electrons. The summed E-state index contributed by atoms with van der Waals surface area (Å²) in [7, 11) is 4.20. The lowest BCUT2D eigenvalue weighted by Crippen LogP contribution is -2.54. The molecule has 2 aliphatic heterocycles. The quantitative estimate of drug-likeness (QED) is 0.692. The lowest BCUT2D eigenvalue weighted by atomic mass is 9.85. The van der Waals surface area contributed by atoms with Crippen molar-refractivity contribution in [3.63, 3.8) is 0 Å². The van der Waals surface area contributed by atoms with Gasteiger partial charge in [0.2, 0.25) is 11.4 Å². The van der Waals surface area contributed by atoms with Gasteiger partial charge in [-0.05, 0) is 30.2 Å². The van der Waals surface area contributed by atoms with Gasteiger partial charge in [0.25, 0.3) is 0 Å². The number of hydrogen-bond donors (Lipinski definition) is 0. The van der Waals surface area contributed by atoms with Gasteiger partial charge >= 0.3 is 0 Å². The minimum atomic E-state index is -0.435. The highest BCUT2D eigenvalue weighted by atomic mass is 16.5. The highest BCUT2D eigenvalue weighted by Gasteiger charge is 2.53. The zero-order chi connectivity index (χ0) is 16.4. The van der Waals surface area contributed by atoms with E-state index < -0.39 is 5.72 Å². The van der Waals surface area contributed by atoms with Crippen molar-refractivity contribution in [2.24, 2.45) is 7.05 Å². The molecular formula is C20H23N2O+. The predicted octanol–water partition coefficient (Wildman–Crippen LogP) is 3.57. The van der Waals surface area contributed by atoms with E-state index in [0.717, 1.165) is 11.4 Å². The van der Waals surface area contributed by atoms with Crippen LogP contribution in [0.25, 0.3) is 6.08 Å². The maximum Gasteiger partial charge on any atom is 0.221 e. The molecule has 0 saturated heterocycles. The number of likely N-dealkylation sites (N-methyl/N-ethyl adjacent to an activating group) is 1. The Kier molecular flexibility index (Phi) is 2.87. The lowest BCUT2D eigenvalue weighted by Gasteiger charge is -2.44. The topological polar surface area (TPSA) is 16.4 Å². The minimum Gasteiger partial charge on any atom is -0.456 e. The van der Waals surface area contributed by atoms with E-state index in [1.807, 2.05) is 0 Å². The van der Waals surface area contributed by atoms with Gasteiger partial charge in [0.05, 0.1) is 0 Å². The number of aromatic nitrogens is 1. The molecule has 0 bridgehead atoms. The average Bonchev–Trinajstić information content (AvgIpc) is 2.76. The smallest absolute Gasteiger partial charge is 0.221 e. The number of ether oxygens (including phenoxy) is 1. The van der Waals surface area contributed by atoms with Crippen molar-refractivity contribution < 1.29 is 9.30 Å². The van der Waals surface area contributed by atoms with Crippen LogP contribution in [0.3, 0.4) is 0 Å². The second-order valence-corrected chi connectivity index (χ2v) is 6.76. The number of anilines is 1. The Morgan fingerprint density at radius 1 is 1.17 bits per heavy atom. The van der Waals surface area contributed by atoms with Crippen LogP contribution in [0.2, 0.25) is 0 Å². The van der Waals surface area contributed by atoms with E-state index >= 15 is 0 Å². The van der Waals surface area contributed by atoms with Crippen LogP contribution in [0.5, 0.6) is 5.75 Å². The van der Waals surface area contributed by atoms with E-state index in [4.69, 9.17) is 4.74 Å². The predicted molar refractivity (Wildman–Crippen MR) is 92.6 cm³/mol. The zero-order valence-corrected chi connectivity index (χ0v) is 14.4. The van der Waals surface area contributed by atoms with E-state index in [0.29, 0.717) is 0 Å². The molecule has 3 heterocycles. The Morgan fingerprint density at radius 2 is 1.91 bits per heavy atom. The second kappa shape index (κ2) is 4.60. The summed E-state index contributed by atoms with van der Waals surface area (Å²) in [5, 5.41) is 0. The van der Waals surface area contributed by atoms with Gasteiger partial charge in [0, 0.05) is 37.2 Å². The summed E-state index contributed by atoms with van der Waals surface area (Å²) in [4.78, 5) is 2.30. The summed E-state index contributed by atoms with van der Waals surface area (Å²) in [6, 6.07) is 10.7. The Labute approximate surface area is 137 Å². The van der Waals surface area contributed by atoms with E-state index in [1.165, 1.54) is 22.4 Å². The fourth-order valence-electron chi connectivity index (χ4n) is 4.17. The third-order valence-electron chi connectivity index (χ3n) is 5.64. The molecule has 0 saturated carbocycles. The molecule has 0 amide bonds. The average molecular weight is 307 g/mol. The van der Waals surface area contributed by atoms with Crippen LogP contribution in [0.1, 0.15) is 36.6 Å². The first kappa shape index (κ1) is 14.3. The summed E-state index contributed by atoms with van der Waals surface area (Å²) in [5.41, 5.74) is 5.75. The molecule has 2 aromatic rings. The van der Waals surface area contributed by atoms with E-state index in [9.17, 15) is 0 Å². The van der Waals surface area contributed by atoms with Crippen molar-refractivity contribution in [3.05, 3.63) is 58.9 Å². The van der Waals surface area contributed by atoms with Crippen LogP contribution >= 0.6 is 0 Å². The third-order valence-corrected chi connectivity index (χ3v) is 5.64. The van der Waals surface area contributed by atoms with E-state index in [2.05, 4.69) is 86.9 Å². The molecule has 3 nitrogen and oxygen atoms in total. The molecule has 2 aliphatic rings. The van der Waals surface area contributed by atoms with Gasteiger partial charge in [0.15, 0.2) is 11.9 Å². The Balaban J connectivity index is 1.93. The highest BCUT2D eigenvalue weighted by Crippen LogP contribution is 2.53. The molecular weight excluding hydrogens is 284 g/mol. The van der Waals surface area contributed by atoms with Crippen molar-refractivity contribution in [2.75, 3.05) is 11.9 Å². The van der Waals surface area contributed by atoms with Crippen LogP contribution < -0.4 is 14.2 Å². The van der Waals surface area contributed by atoms with Gasteiger partial charge in [-0.2, -0.15) is 0 Å². The van der Waals surface area contributed by atoms with Gasteiger partial charge in [-0.15, -0.1) is 0 Å². The van der Waals surface area contributed by atoms with Gasteiger partial charge in [0.1, 0.15) is 7.05 Å². The number of para-hydroxylation sites is 1. The van der Waals surface area contributed by atoms with Gasteiger partial charge < -0.3 is 9.64 Å². The Hall–Kier alpha value is -2.29. The molecule has 23 heavy (non-hydrogen) atoms. The monoisotopic (exact) mass is 307 g/mol. The molecule has 2 unspecified atom stereocenters. The zero-order valence-electron chi connectivity index (χ0n) is 14.4. The van der Waals surface area contributed by atoms with Crippen LogP contribution in [0, 0.1) is 6.92 Å². The van der Waals surface area contributed by atoms with Gasteiger partial charge in [-0.3, -0.25) is 0 Å². The normalized spacial score (nSPS) is 25.0. The molecule has 1 aromatic heterocycles. The SMILES string of the molecule is CC1=Cc2cc[n+](C)c(C)c2OC12C(C)c1ccccc1N2C. The number of nitrogens with zero attached hydrogens (tertiary/aromatic N) is 2. The largest absolute Gasteiger partial charge is 0.456 e. The summed E-state index contributed by atoms with van der Waals surface area (Å²) in [6.45, 7) is 6.57. The third kappa shape index (κ3) is 1.68. The number of pyridine rings is 1. The van der Waals surface area contributed by atoms with Gasteiger partial charge in [-0.25, -0.2) is 4.57 Å². The van der Waals surface area contributed by atoms with Crippen LogP contribution in [-0.4, -0.2) is 12.8 Å². The number of rotatable bonds is 0. The highest BCUT2D eigenvalue weighted by molar-refractivity contribution is 5.72. The molecule has 2 atom stereocenters. The molecule has 0 fully saturated rings. The number of benzene rings is 1. The van der Waals surface area contributed by atoms with Gasteiger partial charge in [-0.1, -0.05) is 25.1 Å². The van der Waals surface area contributed by atoms with Crippen LogP contribution in [0.4, 0.5) is 5.69 Å². The van der Waals surface area contributed by atoms with Crippen molar-refractivity contribution >= 4 is 11.8 Å². The Bertz CT molecular complexity index is 809. The van der Waals surface area contributed by atoms with Crippen molar-refractivity contribution in [3.8, 4) is 5.75 Å². The van der Waals surface area contributed by atoms with E-state index in [1.54, 1.807) is 0 Å². The first-order valence-electron chi connectivity index (χ1n) is 8.16. The van der Waals surface area contributed by atoms with Crippen molar-refractivity contribution in [1.29, 1.82) is 0 Å². The molecule has 1 aromatic carbocycles. The number of aryl methyl sites for hydroxylation is 1. The fourth-order valence-corrected chi connectivity index (χ4v) is 4.17. The standard InChI is InChI=1S/C20H23N2O/c1-13-12-16-10-11-21(4)15(3)19(16)23-20(13)14(2)17-8-6-7-9-18(17)22(20)5/h6-12,14H,1-5H3/q+1. The summed E-state index contributed by atoms with van der Waals surface area (Å²) in [5.74, 6) is 1.27. The molecule has 118 valence electrons. The van der Waals surface area contributed by atoms with E-state index in [-0.39, 0.29) is 5.92 Å². The maximum atomic E-state index is 6.75. The number of hydrogen-bond acceptors (Lipinski definition) is 2. The van der Waals surface area contributed by atoms with Crippen molar-refractivity contribution in [1.82, 2.24) is 0 Å². The summed E-state index contributed by atoms with van der Waals surface area (Å²) >= 11 is 0. The fraction of sp³-hybridized carbons (Fsp3) is 0.350. The van der Waals surface area contributed by atoms with Crippen LogP contribution in [-0.2, 0) is 7.05 Å². The van der Waals surface area contributed by atoms with Crippen molar-refractivity contribution in [2.45, 2.75) is 32.4 Å². The maximum absolute atomic E-state index is 6.75. The first-order chi connectivity index (χ1) is 11.0. The molecule has 0 N–H and O–H groups in total. The first-order valence-corrected chi connectivity index (χ1v) is 8.16. The summed E-state index contributed by atoms with van der Waals surface area (Å²) < 4.78 is 8.87. The Morgan fingerprint density at radius 3 is 2.65 bits per heavy atom. The van der Waals surface area contributed by atoms with Crippen LogP contribution in [0.15, 0.2) is 42.1 Å². The minimum absolute atomic E-state index is 0.276.